The molecule has 2 aromatic heterocycles. The molecular formula is C29H37N5S. The third kappa shape index (κ3) is 4.52. The molecule has 3 aliphatic rings. The van der Waals surface area contributed by atoms with E-state index in [1.165, 1.54) is 51.7 Å². The standard InChI is InChI=1S/C29H37N5S/c1-29(2,3)34-17-15-32(16-18-34)19-22-20-35-27-25(22)30-28(33-13-5-4-6-14-33)31-26(27)24-12-8-10-21-9-7-11-23(21)24/h7-8,10-12,20H,4-6,9,13-19H2,1-3H3. The Balaban J connectivity index is 1.38. The first-order valence-electron chi connectivity index (χ1n) is 13.3. The minimum Gasteiger partial charge on any atom is -0.341 e. The summed E-state index contributed by atoms with van der Waals surface area (Å²) in [5, 5.41) is 2.35. The molecule has 5 nitrogen and oxygen atoms in total. The lowest BCUT2D eigenvalue weighted by atomic mass is 10.00. The number of nitrogens with zero attached hydrogens (tertiary/aromatic N) is 5. The predicted octanol–water partition coefficient (Wildman–Crippen LogP) is 5.83. The van der Waals surface area contributed by atoms with Crippen LogP contribution in [0.1, 0.15) is 56.7 Å². The molecule has 0 spiro atoms. The van der Waals surface area contributed by atoms with Gasteiger partial charge in [0.25, 0.3) is 0 Å². The number of rotatable bonds is 4. The van der Waals surface area contributed by atoms with Gasteiger partial charge in [-0.3, -0.25) is 9.80 Å². The molecule has 0 unspecified atom stereocenters. The van der Waals surface area contributed by atoms with E-state index < -0.39 is 0 Å². The topological polar surface area (TPSA) is 35.5 Å². The number of benzene rings is 1. The SMILES string of the molecule is CC(C)(C)N1CCN(Cc2csc3c(-c4cccc5c4C=CC5)nc(N4CCCCC4)nc23)CC1. The molecule has 1 aromatic carbocycles. The maximum absolute atomic E-state index is 5.24. The molecule has 0 saturated carbocycles. The third-order valence-electron chi connectivity index (χ3n) is 7.90. The monoisotopic (exact) mass is 487 g/mol. The Kier molecular flexibility index (Phi) is 6.15. The van der Waals surface area contributed by atoms with Crippen molar-refractivity contribution in [2.24, 2.45) is 0 Å². The van der Waals surface area contributed by atoms with E-state index in [2.05, 4.69) is 71.2 Å². The number of fused-ring (bicyclic) bond motifs is 2. The minimum atomic E-state index is 0.247. The van der Waals surface area contributed by atoms with E-state index in [1.807, 2.05) is 11.3 Å². The van der Waals surface area contributed by atoms with Gasteiger partial charge in [0.1, 0.15) is 0 Å². The maximum Gasteiger partial charge on any atom is 0.226 e. The quantitative estimate of drug-likeness (QED) is 0.462. The van der Waals surface area contributed by atoms with Crippen LogP contribution in [0.3, 0.4) is 0 Å². The summed E-state index contributed by atoms with van der Waals surface area (Å²) in [6.45, 7) is 14.6. The van der Waals surface area contributed by atoms with Gasteiger partial charge in [-0.15, -0.1) is 11.3 Å². The summed E-state index contributed by atoms with van der Waals surface area (Å²) in [6, 6.07) is 6.69. The normalized spacial score (nSPS) is 19.6. The van der Waals surface area contributed by atoms with Gasteiger partial charge >= 0.3 is 0 Å². The third-order valence-corrected chi connectivity index (χ3v) is 8.93. The van der Waals surface area contributed by atoms with Crippen LogP contribution in [0.25, 0.3) is 27.6 Å². The first-order valence-corrected chi connectivity index (χ1v) is 14.1. The lowest BCUT2D eigenvalue weighted by molar-refractivity contribution is 0.0593. The van der Waals surface area contributed by atoms with Gasteiger partial charge in [-0.25, -0.2) is 9.97 Å². The number of piperazine rings is 1. The molecular weight excluding hydrogens is 450 g/mol. The van der Waals surface area contributed by atoms with E-state index in [9.17, 15) is 0 Å². The predicted molar refractivity (Wildman–Crippen MR) is 148 cm³/mol. The zero-order valence-electron chi connectivity index (χ0n) is 21.4. The van der Waals surface area contributed by atoms with Gasteiger partial charge in [0.05, 0.1) is 15.9 Å². The highest BCUT2D eigenvalue weighted by Gasteiger charge is 2.27. The van der Waals surface area contributed by atoms with Crippen LogP contribution in [0.15, 0.2) is 29.7 Å². The summed E-state index contributed by atoms with van der Waals surface area (Å²) >= 11 is 1.82. The number of piperidine rings is 1. The summed E-state index contributed by atoms with van der Waals surface area (Å²) in [5.74, 6) is 0.920. The van der Waals surface area contributed by atoms with Crippen molar-refractivity contribution in [3.05, 3.63) is 46.3 Å². The van der Waals surface area contributed by atoms with Gasteiger partial charge in [0.2, 0.25) is 5.95 Å². The van der Waals surface area contributed by atoms with Gasteiger partial charge in [0, 0.05) is 62.5 Å². The van der Waals surface area contributed by atoms with E-state index >= 15 is 0 Å². The van der Waals surface area contributed by atoms with Crippen molar-refractivity contribution in [1.82, 2.24) is 19.8 Å². The number of thiophene rings is 1. The molecule has 0 radical (unpaired) electrons. The van der Waals surface area contributed by atoms with Crippen LogP contribution < -0.4 is 4.90 Å². The largest absolute Gasteiger partial charge is 0.341 e. The minimum absolute atomic E-state index is 0.247. The molecule has 184 valence electrons. The van der Waals surface area contributed by atoms with Crippen molar-refractivity contribution in [2.75, 3.05) is 44.2 Å². The Morgan fingerprint density at radius 3 is 2.51 bits per heavy atom. The summed E-state index contributed by atoms with van der Waals surface area (Å²) in [5.41, 5.74) is 7.89. The fraction of sp³-hybridized carbons (Fsp3) is 0.517. The van der Waals surface area contributed by atoms with Crippen LogP contribution in [-0.4, -0.2) is 64.6 Å². The summed E-state index contributed by atoms with van der Waals surface area (Å²) in [4.78, 5) is 18.1. The molecule has 0 bridgehead atoms. The summed E-state index contributed by atoms with van der Waals surface area (Å²) in [7, 11) is 0. The number of hydrogen-bond acceptors (Lipinski definition) is 6. The zero-order chi connectivity index (χ0) is 24.0. The number of hydrogen-bond donors (Lipinski definition) is 0. The number of allylic oxidation sites excluding steroid dienone is 1. The van der Waals surface area contributed by atoms with E-state index in [0.717, 1.165) is 63.9 Å². The van der Waals surface area contributed by atoms with Crippen molar-refractivity contribution in [1.29, 1.82) is 0 Å². The van der Waals surface area contributed by atoms with Crippen LogP contribution in [0.5, 0.6) is 0 Å². The molecule has 0 amide bonds. The molecule has 1 aliphatic carbocycles. The highest BCUT2D eigenvalue weighted by atomic mass is 32.1. The molecule has 35 heavy (non-hydrogen) atoms. The van der Waals surface area contributed by atoms with E-state index in [4.69, 9.17) is 9.97 Å². The average molecular weight is 488 g/mol. The summed E-state index contributed by atoms with van der Waals surface area (Å²) in [6.07, 6.45) is 9.35. The maximum atomic E-state index is 5.24. The second-order valence-electron chi connectivity index (χ2n) is 11.3. The molecule has 0 N–H and O–H groups in total. The lowest BCUT2D eigenvalue weighted by Crippen LogP contribution is -2.53. The smallest absolute Gasteiger partial charge is 0.226 e. The highest BCUT2D eigenvalue weighted by molar-refractivity contribution is 7.17. The Morgan fingerprint density at radius 2 is 1.74 bits per heavy atom. The molecule has 6 rings (SSSR count). The zero-order valence-corrected chi connectivity index (χ0v) is 22.2. The second-order valence-corrected chi connectivity index (χ2v) is 12.2. The molecule has 0 atom stereocenters. The van der Waals surface area contributed by atoms with Crippen molar-refractivity contribution in [2.45, 2.75) is 58.5 Å². The molecule has 3 aromatic rings. The van der Waals surface area contributed by atoms with E-state index in [1.54, 1.807) is 0 Å². The van der Waals surface area contributed by atoms with Crippen LogP contribution in [-0.2, 0) is 13.0 Å². The number of anilines is 1. The van der Waals surface area contributed by atoms with Gasteiger partial charge in [-0.2, -0.15) is 0 Å². The Bertz CT molecular complexity index is 1240. The molecule has 6 heteroatoms. The van der Waals surface area contributed by atoms with Crippen molar-refractivity contribution in [3.8, 4) is 11.3 Å². The molecule has 2 fully saturated rings. The molecule has 4 heterocycles. The first kappa shape index (κ1) is 23.1. The number of aromatic nitrogens is 2. The van der Waals surface area contributed by atoms with Crippen LogP contribution in [0.2, 0.25) is 0 Å². The fourth-order valence-corrected chi connectivity index (χ4v) is 6.80. The second kappa shape index (κ2) is 9.30. The van der Waals surface area contributed by atoms with Gasteiger partial charge in [-0.1, -0.05) is 30.4 Å². The van der Waals surface area contributed by atoms with Crippen molar-refractivity contribution in [3.63, 3.8) is 0 Å². The van der Waals surface area contributed by atoms with E-state index in [0.29, 0.717) is 0 Å². The summed E-state index contributed by atoms with van der Waals surface area (Å²) < 4.78 is 1.24. The van der Waals surface area contributed by atoms with Crippen molar-refractivity contribution < 1.29 is 0 Å². The van der Waals surface area contributed by atoms with Gasteiger partial charge < -0.3 is 4.90 Å². The van der Waals surface area contributed by atoms with Crippen molar-refractivity contribution >= 4 is 33.6 Å². The van der Waals surface area contributed by atoms with Gasteiger partial charge in [-0.05, 0) is 63.0 Å². The fourth-order valence-electron chi connectivity index (χ4n) is 5.80. The van der Waals surface area contributed by atoms with Crippen LogP contribution in [0, 0.1) is 0 Å². The average Bonchev–Trinajstić information content (AvgIpc) is 3.51. The highest BCUT2D eigenvalue weighted by Crippen LogP contribution is 2.39. The first-order chi connectivity index (χ1) is 17.0. The molecule has 2 saturated heterocycles. The molecule has 2 aliphatic heterocycles. The van der Waals surface area contributed by atoms with Gasteiger partial charge in [0.15, 0.2) is 0 Å². The Hall–Kier alpha value is -2.28. The van der Waals surface area contributed by atoms with E-state index in [-0.39, 0.29) is 5.54 Å². The lowest BCUT2D eigenvalue weighted by Gasteiger charge is -2.42. The van der Waals surface area contributed by atoms with Crippen LogP contribution >= 0.6 is 11.3 Å². The Labute approximate surface area is 213 Å². The van der Waals surface area contributed by atoms with Crippen LogP contribution in [0.4, 0.5) is 5.95 Å². The Morgan fingerprint density at radius 1 is 0.943 bits per heavy atom.